The third-order valence-electron chi connectivity index (χ3n) is 1.81. The van der Waals surface area contributed by atoms with Crippen LogP contribution >= 0.6 is 11.3 Å². The van der Waals surface area contributed by atoms with Crippen molar-refractivity contribution in [3.05, 3.63) is 30.2 Å². The maximum absolute atomic E-state index is 8.78. The van der Waals surface area contributed by atoms with E-state index < -0.39 is 0 Å². The Labute approximate surface area is 85.2 Å². The highest BCUT2D eigenvalue weighted by Crippen LogP contribution is 2.30. The minimum atomic E-state index is 0.670. The first kappa shape index (κ1) is 9.11. The van der Waals surface area contributed by atoms with E-state index in [1.54, 1.807) is 12.4 Å². The minimum Gasteiger partial charge on any atom is -0.290 e. The predicted molar refractivity (Wildman–Crippen MR) is 55.5 cm³/mol. The molecule has 0 unspecified atom stereocenters. The van der Waals surface area contributed by atoms with Gasteiger partial charge >= 0.3 is 0 Å². The third-order valence-corrected chi connectivity index (χ3v) is 2.92. The van der Waals surface area contributed by atoms with Gasteiger partial charge in [-0.2, -0.15) is 0 Å². The summed E-state index contributed by atoms with van der Waals surface area (Å²) in [6, 6.07) is 3.80. The van der Waals surface area contributed by atoms with Crippen LogP contribution in [0.5, 0.6) is 0 Å². The molecule has 72 valence electrons. The summed E-state index contributed by atoms with van der Waals surface area (Å²) in [5, 5.41) is 10.3. The van der Waals surface area contributed by atoms with Crippen LogP contribution in [0.4, 0.5) is 5.00 Å². The van der Waals surface area contributed by atoms with E-state index in [0.717, 1.165) is 16.3 Å². The number of thiazole rings is 1. The summed E-state index contributed by atoms with van der Waals surface area (Å²) < 4.78 is 0. The Balaban J connectivity index is 2.43. The van der Waals surface area contributed by atoms with Gasteiger partial charge in [0.15, 0.2) is 0 Å². The van der Waals surface area contributed by atoms with E-state index in [-0.39, 0.29) is 0 Å². The van der Waals surface area contributed by atoms with E-state index in [4.69, 9.17) is 5.21 Å². The molecule has 0 radical (unpaired) electrons. The van der Waals surface area contributed by atoms with Crippen LogP contribution in [-0.4, -0.2) is 15.2 Å². The summed E-state index contributed by atoms with van der Waals surface area (Å²) in [4.78, 5) is 8.32. The number of anilines is 1. The molecule has 0 aliphatic rings. The second kappa shape index (κ2) is 3.73. The van der Waals surface area contributed by atoms with Gasteiger partial charge in [-0.15, -0.1) is 0 Å². The zero-order valence-corrected chi connectivity index (χ0v) is 8.38. The molecule has 0 amide bonds. The Morgan fingerprint density at radius 3 is 2.93 bits per heavy atom. The summed E-state index contributed by atoms with van der Waals surface area (Å²) >= 11 is 1.40. The van der Waals surface area contributed by atoms with Crippen LogP contribution in [0, 0.1) is 6.92 Å². The summed E-state index contributed by atoms with van der Waals surface area (Å²) in [6.07, 6.45) is 3.47. The topological polar surface area (TPSA) is 58.0 Å². The van der Waals surface area contributed by atoms with Crippen LogP contribution < -0.4 is 5.48 Å². The SMILES string of the molecule is Cc1nc(-c2cccnc2)sc1NO. The van der Waals surface area contributed by atoms with Gasteiger partial charge in [0.25, 0.3) is 0 Å². The van der Waals surface area contributed by atoms with Crippen molar-refractivity contribution >= 4 is 16.3 Å². The molecular formula is C9H9N3OS. The van der Waals surface area contributed by atoms with E-state index in [9.17, 15) is 0 Å². The average molecular weight is 207 g/mol. The first-order chi connectivity index (χ1) is 6.81. The highest BCUT2D eigenvalue weighted by molar-refractivity contribution is 7.19. The highest BCUT2D eigenvalue weighted by Gasteiger charge is 2.07. The fourth-order valence-electron chi connectivity index (χ4n) is 1.11. The minimum absolute atomic E-state index is 0.670. The zero-order chi connectivity index (χ0) is 9.97. The molecule has 2 N–H and O–H groups in total. The highest BCUT2D eigenvalue weighted by atomic mass is 32.1. The van der Waals surface area contributed by atoms with Crippen LogP contribution in [-0.2, 0) is 0 Å². The molecule has 4 nitrogen and oxygen atoms in total. The molecule has 0 fully saturated rings. The molecule has 2 heterocycles. The van der Waals surface area contributed by atoms with Crippen molar-refractivity contribution in [1.82, 2.24) is 9.97 Å². The van der Waals surface area contributed by atoms with Crippen molar-refractivity contribution < 1.29 is 5.21 Å². The molecule has 5 heteroatoms. The molecule has 14 heavy (non-hydrogen) atoms. The number of pyridine rings is 1. The number of nitrogens with one attached hydrogen (secondary N) is 1. The Bertz CT molecular complexity index is 427. The van der Waals surface area contributed by atoms with Gasteiger partial charge in [-0.25, -0.2) is 4.98 Å². The Hall–Kier alpha value is -1.46. The van der Waals surface area contributed by atoms with Gasteiger partial charge in [0.2, 0.25) is 0 Å². The Morgan fingerprint density at radius 2 is 2.36 bits per heavy atom. The number of rotatable bonds is 2. The molecule has 0 aliphatic heterocycles. The lowest BCUT2D eigenvalue weighted by molar-refractivity contribution is 0.390. The lowest BCUT2D eigenvalue weighted by atomic mass is 10.3. The summed E-state index contributed by atoms with van der Waals surface area (Å²) in [5.74, 6) is 0. The number of aryl methyl sites for hydroxylation is 1. The summed E-state index contributed by atoms with van der Waals surface area (Å²) in [7, 11) is 0. The van der Waals surface area contributed by atoms with E-state index in [0.29, 0.717) is 5.00 Å². The Kier molecular flexibility index (Phi) is 2.43. The van der Waals surface area contributed by atoms with Crippen molar-refractivity contribution in [1.29, 1.82) is 0 Å². The van der Waals surface area contributed by atoms with E-state index in [1.807, 2.05) is 19.1 Å². The molecule has 2 aromatic heterocycles. The van der Waals surface area contributed by atoms with Crippen LogP contribution in [0.2, 0.25) is 0 Å². The molecule has 2 aromatic rings. The fraction of sp³-hybridized carbons (Fsp3) is 0.111. The van der Waals surface area contributed by atoms with Crippen LogP contribution in [0.3, 0.4) is 0 Å². The van der Waals surface area contributed by atoms with Gasteiger partial charge in [0, 0.05) is 18.0 Å². The van der Waals surface area contributed by atoms with Crippen LogP contribution in [0.15, 0.2) is 24.5 Å². The lowest BCUT2D eigenvalue weighted by Gasteiger charge is -1.92. The summed E-state index contributed by atoms with van der Waals surface area (Å²) in [6.45, 7) is 1.84. The Morgan fingerprint density at radius 1 is 1.50 bits per heavy atom. The van der Waals surface area contributed by atoms with Gasteiger partial charge in [-0.1, -0.05) is 11.3 Å². The predicted octanol–water partition coefficient (Wildman–Crippen LogP) is 2.31. The normalized spacial score (nSPS) is 10.1. The molecular weight excluding hydrogens is 198 g/mol. The van der Waals surface area contributed by atoms with Crippen molar-refractivity contribution in [2.45, 2.75) is 6.92 Å². The van der Waals surface area contributed by atoms with Gasteiger partial charge in [0.1, 0.15) is 10.0 Å². The van der Waals surface area contributed by atoms with Gasteiger partial charge in [-0.05, 0) is 19.1 Å². The molecule has 2 rings (SSSR count). The maximum Gasteiger partial charge on any atom is 0.136 e. The van der Waals surface area contributed by atoms with E-state index >= 15 is 0 Å². The summed E-state index contributed by atoms with van der Waals surface area (Å²) in [5.41, 5.74) is 3.87. The average Bonchev–Trinajstić information content (AvgIpc) is 2.61. The monoisotopic (exact) mass is 207 g/mol. The molecule has 0 spiro atoms. The van der Waals surface area contributed by atoms with E-state index in [2.05, 4.69) is 15.4 Å². The van der Waals surface area contributed by atoms with Crippen LogP contribution in [0.1, 0.15) is 5.69 Å². The first-order valence-corrected chi connectivity index (χ1v) is 4.91. The third kappa shape index (κ3) is 1.59. The molecule has 0 aliphatic carbocycles. The van der Waals surface area contributed by atoms with Gasteiger partial charge in [0.05, 0.1) is 5.69 Å². The lowest BCUT2D eigenvalue weighted by Crippen LogP contribution is -1.86. The quantitative estimate of drug-likeness (QED) is 0.742. The smallest absolute Gasteiger partial charge is 0.136 e. The second-order valence-corrected chi connectivity index (χ2v) is 3.79. The largest absolute Gasteiger partial charge is 0.290 e. The molecule has 0 aromatic carbocycles. The zero-order valence-electron chi connectivity index (χ0n) is 7.56. The fourth-order valence-corrected chi connectivity index (χ4v) is 1.97. The standard InChI is InChI=1S/C9H9N3OS/c1-6-8(12-13)14-9(11-6)7-3-2-4-10-5-7/h2-5,12-13H,1H3. The van der Waals surface area contributed by atoms with Crippen molar-refractivity contribution in [3.63, 3.8) is 0 Å². The number of hydrogen-bond acceptors (Lipinski definition) is 5. The number of hydrogen-bond donors (Lipinski definition) is 2. The maximum atomic E-state index is 8.78. The van der Waals surface area contributed by atoms with Gasteiger partial charge < -0.3 is 0 Å². The van der Waals surface area contributed by atoms with Crippen molar-refractivity contribution in [2.24, 2.45) is 0 Å². The van der Waals surface area contributed by atoms with Crippen LogP contribution in [0.25, 0.3) is 10.6 Å². The molecule has 0 saturated heterocycles. The first-order valence-electron chi connectivity index (χ1n) is 4.09. The number of nitrogens with zero attached hydrogens (tertiary/aromatic N) is 2. The molecule has 0 bridgehead atoms. The molecule has 0 saturated carbocycles. The number of aromatic nitrogens is 2. The van der Waals surface area contributed by atoms with E-state index in [1.165, 1.54) is 11.3 Å². The second-order valence-electron chi connectivity index (χ2n) is 2.79. The van der Waals surface area contributed by atoms with Crippen molar-refractivity contribution in [2.75, 3.05) is 5.48 Å². The molecule has 0 atom stereocenters. The van der Waals surface area contributed by atoms with Gasteiger partial charge in [-0.3, -0.25) is 15.7 Å². The van der Waals surface area contributed by atoms with Crippen molar-refractivity contribution in [3.8, 4) is 10.6 Å².